The van der Waals surface area contributed by atoms with Gasteiger partial charge in [-0.3, -0.25) is 0 Å². The van der Waals surface area contributed by atoms with Crippen LogP contribution in [0.1, 0.15) is 31.6 Å². The van der Waals surface area contributed by atoms with Crippen molar-refractivity contribution >= 4 is 0 Å². The van der Waals surface area contributed by atoms with Crippen LogP contribution in [-0.2, 0) is 10.3 Å². The number of nitrogens with two attached hydrogens (primary N) is 1. The minimum atomic E-state index is -0.638. The summed E-state index contributed by atoms with van der Waals surface area (Å²) in [5, 5.41) is 12.4. The third-order valence-corrected chi connectivity index (χ3v) is 2.00. The summed E-state index contributed by atoms with van der Waals surface area (Å²) in [7, 11) is 1.55. The van der Waals surface area contributed by atoms with E-state index in [9.17, 15) is 0 Å². The van der Waals surface area contributed by atoms with Gasteiger partial charge in [0.25, 0.3) is 5.89 Å². The first-order valence-electron chi connectivity index (χ1n) is 4.27. The molecule has 1 atom stereocenters. The van der Waals surface area contributed by atoms with E-state index in [1.54, 1.807) is 21.0 Å². The van der Waals surface area contributed by atoms with E-state index in [4.69, 9.17) is 20.1 Å². The van der Waals surface area contributed by atoms with Crippen molar-refractivity contribution in [1.29, 1.82) is 0 Å². The van der Waals surface area contributed by atoms with Gasteiger partial charge in [0, 0.05) is 7.11 Å². The second-order valence-electron chi connectivity index (χ2n) is 3.46. The molecule has 1 rings (SSSR count). The molecule has 6 heteroatoms. The Kier molecular flexibility index (Phi) is 3.20. The molecular weight excluding hydrogens is 186 g/mol. The molecule has 0 saturated heterocycles. The number of hydrogen-bond donors (Lipinski definition) is 2. The summed E-state index contributed by atoms with van der Waals surface area (Å²) < 4.78 is 10.1. The zero-order chi connectivity index (χ0) is 10.8. The molecule has 1 heterocycles. The molecule has 0 radical (unpaired) electrons. The van der Waals surface area contributed by atoms with Crippen molar-refractivity contribution in [3.63, 3.8) is 0 Å². The maximum absolute atomic E-state index is 8.78. The average Bonchev–Trinajstić information content (AvgIpc) is 2.66. The minimum absolute atomic E-state index is 0.216. The van der Waals surface area contributed by atoms with E-state index >= 15 is 0 Å². The van der Waals surface area contributed by atoms with Gasteiger partial charge in [-0.25, -0.2) is 0 Å². The van der Waals surface area contributed by atoms with Crippen LogP contribution in [0.2, 0.25) is 0 Å². The first kappa shape index (κ1) is 11.1. The Bertz CT molecular complexity index is 298. The van der Waals surface area contributed by atoms with Gasteiger partial charge in [-0.15, -0.1) is 0 Å². The molecule has 0 amide bonds. The van der Waals surface area contributed by atoms with Crippen molar-refractivity contribution in [1.82, 2.24) is 10.1 Å². The number of aliphatic hydroxyl groups is 1. The highest BCUT2D eigenvalue weighted by molar-refractivity contribution is 4.98. The lowest BCUT2D eigenvalue weighted by Gasteiger charge is -2.16. The maximum atomic E-state index is 8.78. The minimum Gasteiger partial charge on any atom is -0.394 e. The van der Waals surface area contributed by atoms with Crippen molar-refractivity contribution in [2.45, 2.75) is 25.5 Å². The van der Waals surface area contributed by atoms with Gasteiger partial charge in [-0.2, -0.15) is 4.98 Å². The molecule has 0 spiro atoms. The highest BCUT2D eigenvalue weighted by atomic mass is 16.5. The fraction of sp³-hybridized carbons (Fsp3) is 0.750. The summed E-state index contributed by atoms with van der Waals surface area (Å²) in [6.45, 7) is 3.38. The lowest BCUT2D eigenvalue weighted by atomic mass is 10.1. The summed E-state index contributed by atoms with van der Waals surface area (Å²) in [4.78, 5) is 4.04. The van der Waals surface area contributed by atoms with Crippen molar-refractivity contribution in [2.75, 3.05) is 13.7 Å². The van der Waals surface area contributed by atoms with E-state index in [0.29, 0.717) is 5.89 Å². The van der Waals surface area contributed by atoms with Gasteiger partial charge in [0.05, 0.1) is 12.6 Å². The lowest BCUT2D eigenvalue weighted by molar-refractivity contribution is -0.00786. The number of aromatic nitrogens is 2. The predicted octanol–water partition coefficient (Wildman–Crippen LogP) is -0.0568. The Labute approximate surface area is 82.1 Å². The molecule has 0 fully saturated rings. The van der Waals surface area contributed by atoms with E-state index in [2.05, 4.69) is 10.1 Å². The Morgan fingerprint density at radius 2 is 2.29 bits per heavy atom. The number of methoxy groups -OCH3 is 1. The van der Waals surface area contributed by atoms with Gasteiger partial charge < -0.3 is 20.1 Å². The van der Waals surface area contributed by atoms with E-state index in [-0.39, 0.29) is 12.4 Å². The molecule has 0 aromatic carbocycles. The van der Waals surface area contributed by atoms with Crippen LogP contribution < -0.4 is 5.73 Å². The van der Waals surface area contributed by atoms with Gasteiger partial charge >= 0.3 is 0 Å². The van der Waals surface area contributed by atoms with Gasteiger partial charge in [-0.05, 0) is 13.8 Å². The van der Waals surface area contributed by atoms with Gasteiger partial charge in [0.15, 0.2) is 5.82 Å². The van der Waals surface area contributed by atoms with Crippen LogP contribution in [0.25, 0.3) is 0 Å². The fourth-order valence-corrected chi connectivity index (χ4v) is 0.799. The molecule has 0 saturated carbocycles. The molecule has 1 aromatic heterocycles. The van der Waals surface area contributed by atoms with Crippen LogP contribution in [0.4, 0.5) is 0 Å². The average molecular weight is 201 g/mol. The van der Waals surface area contributed by atoms with Crippen LogP contribution in [-0.4, -0.2) is 29.0 Å². The third-order valence-electron chi connectivity index (χ3n) is 2.00. The van der Waals surface area contributed by atoms with E-state index < -0.39 is 11.6 Å². The van der Waals surface area contributed by atoms with Crippen LogP contribution >= 0.6 is 0 Å². The van der Waals surface area contributed by atoms with E-state index in [1.807, 2.05) is 0 Å². The van der Waals surface area contributed by atoms with Crippen molar-refractivity contribution in [3.8, 4) is 0 Å². The molecule has 1 aromatic rings. The molecule has 1 unspecified atom stereocenters. The van der Waals surface area contributed by atoms with Crippen molar-refractivity contribution in [2.24, 2.45) is 5.73 Å². The first-order valence-corrected chi connectivity index (χ1v) is 4.27. The van der Waals surface area contributed by atoms with Gasteiger partial charge in [0.1, 0.15) is 5.60 Å². The first-order chi connectivity index (χ1) is 6.51. The number of aliphatic hydroxyl groups excluding tert-OH is 1. The SMILES string of the molecule is COC(C)(C)c1nc(C(N)CO)no1. The van der Waals surface area contributed by atoms with Crippen LogP contribution in [0, 0.1) is 0 Å². The zero-order valence-corrected chi connectivity index (χ0v) is 8.52. The van der Waals surface area contributed by atoms with Crippen LogP contribution in [0.15, 0.2) is 4.52 Å². The van der Waals surface area contributed by atoms with Crippen LogP contribution in [0.3, 0.4) is 0 Å². The number of ether oxygens (including phenoxy) is 1. The topological polar surface area (TPSA) is 94.4 Å². The molecular formula is C8H15N3O3. The number of hydrogen-bond acceptors (Lipinski definition) is 6. The molecule has 0 aliphatic rings. The number of rotatable bonds is 4. The molecule has 14 heavy (non-hydrogen) atoms. The molecule has 0 aliphatic carbocycles. The summed E-state index contributed by atoms with van der Waals surface area (Å²) in [6, 6.07) is -0.611. The monoisotopic (exact) mass is 201 g/mol. The second-order valence-corrected chi connectivity index (χ2v) is 3.46. The maximum Gasteiger partial charge on any atom is 0.258 e. The predicted molar refractivity (Wildman–Crippen MR) is 48.3 cm³/mol. The van der Waals surface area contributed by atoms with E-state index in [0.717, 1.165) is 0 Å². The molecule has 6 nitrogen and oxygen atoms in total. The van der Waals surface area contributed by atoms with Crippen molar-refractivity contribution < 1.29 is 14.4 Å². The molecule has 80 valence electrons. The summed E-state index contributed by atoms with van der Waals surface area (Å²) in [6.07, 6.45) is 0. The second kappa shape index (κ2) is 4.04. The number of nitrogens with zero attached hydrogens (tertiary/aromatic N) is 2. The Balaban J connectivity index is 2.88. The Morgan fingerprint density at radius 3 is 2.79 bits per heavy atom. The fourth-order valence-electron chi connectivity index (χ4n) is 0.799. The highest BCUT2D eigenvalue weighted by Gasteiger charge is 2.28. The molecule has 0 aliphatic heterocycles. The standard InChI is InChI=1S/C8H15N3O3/c1-8(2,13-3)7-10-6(11-14-7)5(9)4-12/h5,12H,4,9H2,1-3H3. The smallest absolute Gasteiger partial charge is 0.258 e. The normalized spacial score (nSPS) is 14.4. The Hall–Kier alpha value is -0.980. The van der Waals surface area contributed by atoms with Gasteiger partial charge in [0.2, 0.25) is 0 Å². The largest absolute Gasteiger partial charge is 0.394 e. The summed E-state index contributed by atoms with van der Waals surface area (Å²) in [5.41, 5.74) is 4.88. The van der Waals surface area contributed by atoms with Crippen LogP contribution in [0.5, 0.6) is 0 Å². The molecule has 3 N–H and O–H groups in total. The summed E-state index contributed by atoms with van der Waals surface area (Å²) in [5.74, 6) is 0.631. The quantitative estimate of drug-likeness (QED) is 0.708. The molecule has 0 bridgehead atoms. The zero-order valence-electron chi connectivity index (χ0n) is 8.52. The lowest BCUT2D eigenvalue weighted by Crippen LogP contribution is -2.21. The van der Waals surface area contributed by atoms with E-state index in [1.165, 1.54) is 0 Å². The highest BCUT2D eigenvalue weighted by Crippen LogP contribution is 2.22. The summed E-state index contributed by atoms with van der Waals surface area (Å²) >= 11 is 0. The Morgan fingerprint density at radius 1 is 1.64 bits per heavy atom. The third kappa shape index (κ3) is 2.09. The van der Waals surface area contributed by atoms with Crippen molar-refractivity contribution in [3.05, 3.63) is 11.7 Å². The van der Waals surface area contributed by atoms with Gasteiger partial charge in [-0.1, -0.05) is 5.16 Å².